The van der Waals surface area contributed by atoms with Gasteiger partial charge in [-0.25, -0.2) is 4.98 Å². The highest BCUT2D eigenvalue weighted by Crippen LogP contribution is 2.31. The minimum Gasteiger partial charge on any atom is -0.457 e. The van der Waals surface area contributed by atoms with Crippen LogP contribution in [0.2, 0.25) is 0 Å². The van der Waals surface area contributed by atoms with Crippen LogP contribution in [0.25, 0.3) is 11.3 Å². The molecule has 0 radical (unpaired) electrons. The summed E-state index contributed by atoms with van der Waals surface area (Å²) in [5.41, 5.74) is 3.02. The third kappa shape index (κ3) is 4.08. The summed E-state index contributed by atoms with van der Waals surface area (Å²) in [5.74, 6) is 2.10. The van der Waals surface area contributed by atoms with E-state index in [0.717, 1.165) is 35.7 Å². The van der Waals surface area contributed by atoms with Gasteiger partial charge in [-0.3, -0.25) is 4.79 Å². The zero-order valence-electron chi connectivity index (χ0n) is 17.1. The lowest BCUT2D eigenvalue weighted by atomic mass is 10.1. The van der Waals surface area contributed by atoms with Crippen molar-refractivity contribution in [3.8, 4) is 22.8 Å². The van der Waals surface area contributed by atoms with Crippen LogP contribution in [0.4, 0.5) is 5.69 Å². The van der Waals surface area contributed by atoms with Crippen LogP contribution in [0, 0.1) is 0 Å². The van der Waals surface area contributed by atoms with Crippen LogP contribution in [-0.4, -0.2) is 15.5 Å². The maximum absolute atomic E-state index is 13.2. The van der Waals surface area contributed by atoms with Gasteiger partial charge in [0, 0.05) is 24.7 Å². The second-order valence-electron chi connectivity index (χ2n) is 7.60. The zero-order valence-corrected chi connectivity index (χ0v) is 17.1. The molecule has 1 aromatic heterocycles. The summed E-state index contributed by atoms with van der Waals surface area (Å²) in [4.78, 5) is 18.0. The van der Waals surface area contributed by atoms with E-state index in [9.17, 15) is 4.79 Å². The molecule has 1 aliphatic heterocycles. The Hall–Kier alpha value is -3.86. The molecule has 31 heavy (non-hydrogen) atoms. The Morgan fingerprint density at radius 2 is 1.68 bits per heavy atom. The number of amides is 1. The molecule has 3 aromatic carbocycles. The highest BCUT2D eigenvalue weighted by Gasteiger charge is 2.18. The van der Waals surface area contributed by atoms with E-state index in [2.05, 4.69) is 16.1 Å². The number of benzene rings is 3. The van der Waals surface area contributed by atoms with E-state index in [1.54, 1.807) is 12.1 Å². The van der Waals surface area contributed by atoms with Gasteiger partial charge in [-0.05, 0) is 43.2 Å². The van der Waals surface area contributed by atoms with Gasteiger partial charge in [-0.15, -0.1) is 0 Å². The highest BCUT2D eigenvalue weighted by molar-refractivity contribution is 6.07. The lowest BCUT2D eigenvalue weighted by molar-refractivity contribution is 0.102. The van der Waals surface area contributed by atoms with E-state index in [-0.39, 0.29) is 5.91 Å². The van der Waals surface area contributed by atoms with Gasteiger partial charge in [-0.2, -0.15) is 0 Å². The number of anilines is 1. The van der Waals surface area contributed by atoms with Crippen molar-refractivity contribution in [1.29, 1.82) is 0 Å². The van der Waals surface area contributed by atoms with Crippen LogP contribution in [0.1, 0.15) is 29.0 Å². The minimum atomic E-state index is -0.219. The normalized spacial score (nSPS) is 12.8. The SMILES string of the molecule is O=C(Nc1ccccc1-c1cn2c(n1)CCCC2)c1ccccc1Oc1ccccc1. The van der Waals surface area contributed by atoms with Crippen LogP contribution in [0.5, 0.6) is 11.5 Å². The lowest BCUT2D eigenvalue weighted by Crippen LogP contribution is -2.13. The third-order valence-electron chi connectivity index (χ3n) is 5.46. The van der Waals surface area contributed by atoms with Crippen LogP contribution in [0.3, 0.4) is 0 Å². The number of carbonyl (C=O) groups is 1. The number of aromatic nitrogens is 2. The number of ether oxygens (including phenoxy) is 1. The molecule has 4 aromatic rings. The number of fused-ring (bicyclic) bond motifs is 1. The van der Waals surface area contributed by atoms with Crippen LogP contribution >= 0.6 is 0 Å². The van der Waals surface area contributed by atoms with Crippen molar-refractivity contribution in [2.75, 3.05) is 5.32 Å². The van der Waals surface area contributed by atoms with E-state index in [4.69, 9.17) is 9.72 Å². The maximum Gasteiger partial charge on any atom is 0.259 e. The summed E-state index contributed by atoms with van der Waals surface area (Å²) in [6.45, 7) is 1.00. The Bertz CT molecular complexity index is 1190. The molecule has 2 heterocycles. The zero-order chi connectivity index (χ0) is 21.0. The fourth-order valence-electron chi connectivity index (χ4n) is 3.91. The number of aryl methyl sites for hydroxylation is 2. The molecule has 154 valence electrons. The average molecular weight is 409 g/mol. The van der Waals surface area contributed by atoms with Crippen molar-refractivity contribution < 1.29 is 9.53 Å². The van der Waals surface area contributed by atoms with Gasteiger partial charge >= 0.3 is 0 Å². The van der Waals surface area contributed by atoms with Crippen molar-refractivity contribution in [2.45, 2.75) is 25.8 Å². The molecule has 0 atom stereocenters. The average Bonchev–Trinajstić information content (AvgIpc) is 3.24. The molecule has 5 nitrogen and oxygen atoms in total. The molecule has 0 saturated carbocycles. The number of para-hydroxylation sites is 3. The number of carbonyl (C=O) groups excluding carboxylic acids is 1. The number of rotatable bonds is 5. The van der Waals surface area contributed by atoms with Crippen LogP contribution in [-0.2, 0) is 13.0 Å². The second-order valence-corrected chi connectivity index (χ2v) is 7.60. The predicted octanol–water partition coefficient (Wildman–Crippen LogP) is 5.93. The summed E-state index contributed by atoms with van der Waals surface area (Å²) in [5, 5.41) is 3.06. The lowest BCUT2D eigenvalue weighted by Gasteiger charge is -2.13. The molecule has 1 N–H and O–H groups in total. The molecule has 5 heteroatoms. The van der Waals surface area contributed by atoms with Crippen LogP contribution in [0.15, 0.2) is 85.1 Å². The number of nitrogens with zero attached hydrogens (tertiary/aromatic N) is 2. The summed E-state index contributed by atoms with van der Waals surface area (Å²) >= 11 is 0. The fraction of sp³-hybridized carbons (Fsp3) is 0.154. The van der Waals surface area contributed by atoms with Crippen molar-refractivity contribution in [1.82, 2.24) is 9.55 Å². The number of nitrogens with one attached hydrogen (secondary N) is 1. The maximum atomic E-state index is 13.2. The summed E-state index contributed by atoms with van der Waals surface area (Å²) < 4.78 is 8.18. The van der Waals surface area contributed by atoms with Gasteiger partial charge < -0.3 is 14.6 Å². The van der Waals surface area contributed by atoms with Gasteiger partial charge in [0.25, 0.3) is 5.91 Å². The van der Waals surface area contributed by atoms with E-state index in [1.165, 1.54) is 12.8 Å². The van der Waals surface area contributed by atoms with Crippen molar-refractivity contribution in [2.24, 2.45) is 0 Å². The Kier molecular flexibility index (Phi) is 5.23. The number of hydrogen-bond acceptors (Lipinski definition) is 3. The first-order chi connectivity index (χ1) is 15.3. The molecule has 0 saturated heterocycles. The topological polar surface area (TPSA) is 56.2 Å². The molecule has 0 bridgehead atoms. The fourth-order valence-corrected chi connectivity index (χ4v) is 3.91. The quantitative estimate of drug-likeness (QED) is 0.444. The van der Waals surface area contributed by atoms with E-state index < -0.39 is 0 Å². The molecule has 0 fully saturated rings. The predicted molar refractivity (Wildman–Crippen MR) is 122 cm³/mol. The molecule has 0 aliphatic carbocycles. The van der Waals surface area contributed by atoms with Gasteiger partial charge in [0.2, 0.25) is 0 Å². The van der Waals surface area contributed by atoms with Crippen molar-refractivity contribution >= 4 is 11.6 Å². The Labute approximate surface area is 181 Å². The Balaban J connectivity index is 1.43. The van der Waals surface area contributed by atoms with Crippen LogP contribution < -0.4 is 10.1 Å². The second kappa shape index (κ2) is 8.48. The highest BCUT2D eigenvalue weighted by atomic mass is 16.5. The Morgan fingerprint density at radius 3 is 2.55 bits per heavy atom. The molecule has 0 spiro atoms. The number of imidazole rings is 1. The first-order valence-electron chi connectivity index (χ1n) is 10.6. The largest absolute Gasteiger partial charge is 0.457 e. The molecular formula is C26H23N3O2. The van der Waals surface area contributed by atoms with E-state index in [1.807, 2.05) is 66.7 Å². The van der Waals surface area contributed by atoms with Gasteiger partial charge in [0.05, 0.1) is 16.9 Å². The first kappa shape index (κ1) is 19.1. The van der Waals surface area contributed by atoms with Crippen molar-refractivity contribution in [3.63, 3.8) is 0 Å². The first-order valence-corrected chi connectivity index (χ1v) is 10.6. The summed E-state index contributed by atoms with van der Waals surface area (Å²) in [7, 11) is 0. The summed E-state index contributed by atoms with van der Waals surface area (Å²) in [6, 6.07) is 24.5. The molecule has 1 amide bonds. The van der Waals surface area contributed by atoms with Gasteiger partial charge in [-0.1, -0.05) is 48.5 Å². The van der Waals surface area contributed by atoms with Gasteiger partial charge in [0.15, 0.2) is 0 Å². The monoisotopic (exact) mass is 409 g/mol. The smallest absolute Gasteiger partial charge is 0.259 e. The third-order valence-corrected chi connectivity index (χ3v) is 5.46. The number of hydrogen-bond donors (Lipinski definition) is 1. The van der Waals surface area contributed by atoms with E-state index in [0.29, 0.717) is 17.1 Å². The van der Waals surface area contributed by atoms with E-state index >= 15 is 0 Å². The van der Waals surface area contributed by atoms with Gasteiger partial charge in [0.1, 0.15) is 17.3 Å². The summed E-state index contributed by atoms with van der Waals surface area (Å²) in [6.07, 6.45) is 5.44. The Morgan fingerprint density at radius 1 is 0.903 bits per heavy atom. The molecule has 1 aliphatic rings. The minimum absolute atomic E-state index is 0.219. The molecular weight excluding hydrogens is 386 g/mol. The molecule has 0 unspecified atom stereocenters. The van der Waals surface area contributed by atoms with Crippen molar-refractivity contribution in [3.05, 3.63) is 96.4 Å². The molecule has 5 rings (SSSR count). The standard InChI is InChI=1S/C26H23N3O2/c30-26(21-13-5-7-15-24(21)31-19-10-2-1-3-11-19)28-22-14-6-4-12-20(22)23-18-29-17-9-8-16-25(29)27-23/h1-7,10-15,18H,8-9,16-17H2,(H,28,30).